The van der Waals surface area contributed by atoms with Gasteiger partial charge in [-0.05, 0) is 55.8 Å². The second-order valence-electron chi connectivity index (χ2n) is 7.84. The number of hydrogen-bond acceptors (Lipinski definition) is 5. The highest BCUT2D eigenvalue weighted by molar-refractivity contribution is 5.93. The van der Waals surface area contributed by atoms with Crippen LogP contribution in [0.25, 0.3) is 16.3 Å². The Morgan fingerprint density at radius 2 is 1.84 bits per heavy atom. The second kappa shape index (κ2) is 9.23. The predicted molar refractivity (Wildman–Crippen MR) is 110 cm³/mol. The molecule has 0 saturated heterocycles. The van der Waals surface area contributed by atoms with E-state index >= 15 is 0 Å². The molecule has 1 aliphatic heterocycles. The van der Waals surface area contributed by atoms with Gasteiger partial charge in [-0.3, -0.25) is 0 Å². The molecule has 0 fully saturated rings. The standard InChI is InChI=1S/C19H23N3O2.C2HF3O2/c1-19(2,3)24-18(23)22-10-7-13(8-11-22)15-5-4-14-6-9-21-17(20)16(14)12-15;3-2(4,5)1(6)7/h4-7,9,12H,8,10-11H2,1-3H3,(H2,20,21);(H,6,7). The van der Waals surface area contributed by atoms with Gasteiger partial charge in [0.25, 0.3) is 0 Å². The van der Waals surface area contributed by atoms with Crippen LogP contribution in [0.2, 0.25) is 0 Å². The molecule has 0 saturated carbocycles. The zero-order valence-corrected chi connectivity index (χ0v) is 17.4. The fraction of sp³-hybridized carbons (Fsp3) is 0.381. The van der Waals surface area contributed by atoms with Crippen molar-refractivity contribution in [2.24, 2.45) is 0 Å². The second-order valence-corrected chi connectivity index (χ2v) is 7.84. The Hall–Kier alpha value is -3.30. The lowest BCUT2D eigenvalue weighted by molar-refractivity contribution is -0.192. The number of nitrogens with two attached hydrogens (primary N) is 1. The molecule has 1 amide bonds. The Bertz CT molecular complexity index is 998. The molecule has 1 aliphatic rings. The van der Waals surface area contributed by atoms with Crippen LogP contribution in [0.5, 0.6) is 0 Å². The van der Waals surface area contributed by atoms with Crippen molar-refractivity contribution in [3.05, 3.63) is 42.1 Å². The molecule has 0 atom stereocenters. The molecule has 1 aromatic heterocycles. The molecule has 0 bridgehead atoms. The summed E-state index contributed by atoms with van der Waals surface area (Å²) in [5.74, 6) is -2.21. The number of pyridine rings is 1. The van der Waals surface area contributed by atoms with E-state index in [1.807, 2.05) is 26.8 Å². The summed E-state index contributed by atoms with van der Waals surface area (Å²) in [4.78, 5) is 26.9. The lowest BCUT2D eigenvalue weighted by atomic mass is 9.97. The molecule has 10 heteroatoms. The molecule has 3 N–H and O–H groups in total. The maximum Gasteiger partial charge on any atom is 0.490 e. The minimum atomic E-state index is -5.08. The number of carbonyl (C=O) groups excluding carboxylic acids is 1. The highest BCUT2D eigenvalue weighted by Gasteiger charge is 2.38. The third-order valence-corrected chi connectivity index (χ3v) is 4.27. The van der Waals surface area contributed by atoms with Gasteiger partial charge in [0.1, 0.15) is 11.4 Å². The van der Waals surface area contributed by atoms with E-state index in [0.717, 1.165) is 22.8 Å². The molecule has 3 rings (SSSR count). The zero-order chi connectivity index (χ0) is 23.4. The first kappa shape index (κ1) is 24.0. The Morgan fingerprint density at radius 1 is 1.19 bits per heavy atom. The van der Waals surface area contributed by atoms with Crippen LogP contribution in [0, 0.1) is 0 Å². The Kier molecular flexibility index (Phi) is 7.14. The fourth-order valence-corrected chi connectivity index (χ4v) is 2.81. The number of alkyl halides is 3. The Morgan fingerprint density at radius 3 is 2.35 bits per heavy atom. The number of aromatic nitrogens is 1. The number of rotatable bonds is 1. The molecule has 2 heterocycles. The van der Waals surface area contributed by atoms with Gasteiger partial charge in [-0.25, -0.2) is 14.6 Å². The number of halogens is 3. The van der Waals surface area contributed by atoms with Gasteiger partial charge in [-0.2, -0.15) is 13.2 Å². The van der Waals surface area contributed by atoms with E-state index in [9.17, 15) is 18.0 Å². The highest BCUT2D eigenvalue weighted by Crippen LogP contribution is 2.28. The van der Waals surface area contributed by atoms with Gasteiger partial charge in [-0.1, -0.05) is 18.2 Å². The quantitative estimate of drug-likeness (QED) is 0.679. The van der Waals surface area contributed by atoms with Crippen LogP contribution in [-0.4, -0.2) is 51.9 Å². The molecule has 0 aliphatic carbocycles. The van der Waals surface area contributed by atoms with E-state index in [1.165, 1.54) is 5.57 Å². The van der Waals surface area contributed by atoms with Crippen molar-refractivity contribution in [1.29, 1.82) is 0 Å². The van der Waals surface area contributed by atoms with Crippen molar-refractivity contribution in [3.63, 3.8) is 0 Å². The number of anilines is 1. The number of ether oxygens (including phenoxy) is 1. The number of nitrogen functional groups attached to an aromatic ring is 1. The van der Waals surface area contributed by atoms with E-state index in [-0.39, 0.29) is 6.09 Å². The first-order valence-electron chi connectivity index (χ1n) is 9.39. The molecule has 0 radical (unpaired) electrons. The van der Waals surface area contributed by atoms with Gasteiger partial charge >= 0.3 is 18.2 Å². The number of fused-ring (bicyclic) bond motifs is 1. The normalized spacial score (nSPS) is 14.4. The van der Waals surface area contributed by atoms with E-state index in [0.29, 0.717) is 18.9 Å². The smallest absolute Gasteiger partial charge is 0.475 e. The molecule has 2 aromatic rings. The average molecular weight is 439 g/mol. The average Bonchev–Trinajstić information content (AvgIpc) is 2.67. The van der Waals surface area contributed by atoms with E-state index in [1.54, 1.807) is 11.1 Å². The molecular weight excluding hydrogens is 415 g/mol. The number of benzene rings is 1. The topological polar surface area (TPSA) is 106 Å². The van der Waals surface area contributed by atoms with Crippen molar-refractivity contribution >= 4 is 34.2 Å². The summed E-state index contributed by atoms with van der Waals surface area (Å²) in [7, 11) is 0. The Balaban J connectivity index is 0.000000423. The molecule has 7 nitrogen and oxygen atoms in total. The van der Waals surface area contributed by atoms with Crippen LogP contribution in [-0.2, 0) is 9.53 Å². The number of amides is 1. The zero-order valence-electron chi connectivity index (χ0n) is 17.4. The van der Waals surface area contributed by atoms with Gasteiger partial charge in [-0.15, -0.1) is 0 Å². The number of carboxylic acids is 1. The summed E-state index contributed by atoms with van der Waals surface area (Å²) in [5, 5.41) is 9.17. The number of aliphatic carboxylic acids is 1. The van der Waals surface area contributed by atoms with Crippen molar-refractivity contribution < 1.29 is 32.6 Å². The number of nitrogens with zero attached hydrogens (tertiary/aromatic N) is 2. The minimum absolute atomic E-state index is 0.259. The van der Waals surface area contributed by atoms with Gasteiger partial charge in [0.2, 0.25) is 0 Å². The fourth-order valence-electron chi connectivity index (χ4n) is 2.81. The van der Waals surface area contributed by atoms with Gasteiger partial charge in [0.15, 0.2) is 0 Å². The summed E-state index contributed by atoms with van der Waals surface area (Å²) < 4.78 is 37.2. The van der Waals surface area contributed by atoms with Crippen LogP contribution < -0.4 is 5.73 Å². The van der Waals surface area contributed by atoms with E-state index < -0.39 is 17.7 Å². The van der Waals surface area contributed by atoms with Crippen LogP contribution in [0.3, 0.4) is 0 Å². The lowest BCUT2D eigenvalue weighted by Gasteiger charge is -2.29. The van der Waals surface area contributed by atoms with Crippen LogP contribution >= 0.6 is 0 Å². The van der Waals surface area contributed by atoms with Gasteiger partial charge in [0, 0.05) is 24.7 Å². The van der Waals surface area contributed by atoms with Gasteiger partial charge in [0.05, 0.1) is 0 Å². The minimum Gasteiger partial charge on any atom is -0.475 e. The van der Waals surface area contributed by atoms with E-state index in [4.69, 9.17) is 20.4 Å². The summed E-state index contributed by atoms with van der Waals surface area (Å²) >= 11 is 0. The van der Waals surface area contributed by atoms with Gasteiger partial charge < -0.3 is 20.5 Å². The van der Waals surface area contributed by atoms with Crippen LogP contribution in [0.4, 0.5) is 23.8 Å². The molecule has 31 heavy (non-hydrogen) atoms. The molecule has 0 unspecified atom stereocenters. The summed E-state index contributed by atoms with van der Waals surface area (Å²) in [6, 6.07) is 8.18. The van der Waals surface area contributed by atoms with Crippen molar-refractivity contribution in [1.82, 2.24) is 9.88 Å². The third kappa shape index (κ3) is 6.87. The number of carboxylic acid groups (broad SMARTS) is 1. The molecular formula is C21H24F3N3O4. The largest absolute Gasteiger partial charge is 0.490 e. The monoisotopic (exact) mass is 439 g/mol. The number of carbonyl (C=O) groups is 2. The highest BCUT2D eigenvalue weighted by atomic mass is 19.4. The molecule has 1 aromatic carbocycles. The maximum atomic E-state index is 12.1. The third-order valence-electron chi connectivity index (χ3n) is 4.27. The Labute approximate surface area is 177 Å². The van der Waals surface area contributed by atoms with Crippen LogP contribution in [0.1, 0.15) is 32.8 Å². The van der Waals surface area contributed by atoms with Crippen LogP contribution in [0.15, 0.2) is 36.5 Å². The molecule has 0 spiro atoms. The summed E-state index contributed by atoms with van der Waals surface area (Å²) in [6.45, 7) is 6.85. The predicted octanol–water partition coefficient (Wildman–Crippen LogP) is 4.47. The maximum absolute atomic E-state index is 12.1. The van der Waals surface area contributed by atoms with E-state index in [2.05, 4.69) is 29.3 Å². The SMILES string of the molecule is CC(C)(C)OC(=O)N1CC=C(c2ccc3ccnc(N)c3c2)CC1.O=C(O)C(F)(F)F. The summed E-state index contributed by atoms with van der Waals surface area (Å²) in [6.07, 6.45) is -0.744. The molecule has 168 valence electrons. The first-order valence-corrected chi connectivity index (χ1v) is 9.39. The summed E-state index contributed by atoms with van der Waals surface area (Å²) in [5.41, 5.74) is 7.86. The lowest BCUT2D eigenvalue weighted by Crippen LogP contribution is -2.39. The number of hydrogen-bond donors (Lipinski definition) is 2. The van der Waals surface area contributed by atoms with Crippen molar-refractivity contribution in [2.45, 2.75) is 39.0 Å². The van der Waals surface area contributed by atoms with Crippen molar-refractivity contribution in [3.8, 4) is 0 Å². The first-order chi connectivity index (χ1) is 14.3. The van der Waals surface area contributed by atoms with Crippen molar-refractivity contribution in [2.75, 3.05) is 18.8 Å².